The van der Waals surface area contributed by atoms with Crippen molar-refractivity contribution in [3.63, 3.8) is 0 Å². The van der Waals surface area contributed by atoms with Crippen molar-refractivity contribution in [1.29, 1.82) is 0 Å². The van der Waals surface area contributed by atoms with Crippen molar-refractivity contribution in [1.82, 2.24) is 20.1 Å². The lowest BCUT2D eigenvalue weighted by molar-refractivity contribution is -0.118. The minimum Gasteiger partial charge on any atom is -0.355 e. The molecule has 148 valence electrons. The van der Waals surface area contributed by atoms with E-state index in [1.807, 2.05) is 29.7 Å². The van der Waals surface area contributed by atoms with Gasteiger partial charge >= 0.3 is 0 Å². The second kappa shape index (κ2) is 9.24. The summed E-state index contributed by atoms with van der Waals surface area (Å²) in [7, 11) is 0. The molecule has 0 radical (unpaired) electrons. The van der Waals surface area contributed by atoms with Crippen molar-refractivity contribution in [2.75, 3.05) is 12.3 Å². The number of thioether (sulfide) groups is 1. The maximum atomic E-state index is 12.3. The van der Waals surface area contributed by atoms with Gasteiger partial charge in [-0.3, -0.25) is 4.79 Å². The molecule has 4 aromatic rings. The lowest BCUT2D eigenvalue weighted by Crippen LogP contribution is -2.27. The van der Waals surface area contributed by atoms with Crippen LogP contribution in [0, 0.1) is 6.92 Å². The molecule has 4 rings (SSSR count). The van der Waals surface area contributed by atoms with Crippen molar-refractivity contribution >= 4 is 39.1 Å². The number of amides is 1. The molecular weight excluding hydrogens is 400 g/mol. The zero-order valence-electron chi connectivity index (χ0n) is 16.2. The predicted octanol–water partition coefficient (Wildman–Crippen LogP) is 4.30. The predicted molar refractivity (Wildman–Crippen MR) is 120 cm³/mol. The van der Waals surface area contributed by atoms with Crippen LogP contribution < -0.4 is 5.32 Å². The first-order chi connectivity index (χ1) is 14.2. The van der Waals surface area contributed by atoms with E-state index in [9.17, 15) is 4.79 Å². The first-order valence-electron chi connectivity index (χ1n) is 9.49. The molecule has 0 unspecified atom stereocenters. The van der Waals surface area contributed by atoms with Crippen LogP contribution in [0.2, 0.25) is 0 Å². The average molecular weight is 423 g/mol. The summed E-state index contributed by atoms with van der Waals surface area (Å²) >= 11 is 3.18. The summed E-state index contributed by atoms with van der Waals surface area (Å²) in [5.74, 6) is 1.19. The van der Waals surface area contributed by atoms with Crippen LogP contribution in [0.1, 0.15) is 17.0 Å². The molecule has 5 nitrogen and oxygen atoms in total. The van der Waals surface area contributed by atoms with E-state index in [1.54, 1.807) is 11.3 Å². The Balaban J connectivity index is 1.29. The number of nitrogens with one attached hydrogen (secondary N) is 1. The van der Waals surface area contributed by atoms with Crippen LogP contribution in [0.25, 0.3) is 10.1 Å². The number of fused-ring (bicyclic) bond motifs is 1. The molecule has 0 saturated heterocycles. The number of benzene rings is 2. The number of hydrogen-bond donors (Lipinski definition) is 1. The third-order valence-electron chi connectivity index (χ3n) is 4.70. The van der Waals surface area contributed by atoms with Gasteiger partial charge < -0.3 is 9.88 Å². The molecule has 0 fully saturated rings. The fourth-order valence-electron chi connectivity index (χ4n) is 3.16. The Kier molecular flexibility index (Phi) is 6.27. The van der Waals surface area contributed by atoms with Gasteiger partial charge in [0.2, 0.25) is 5.91 Å². The molecule has 1 amide bonds. The number of aromatic nitrogens is 3. The molecule has 2 aromatic heterocycles. The first kappa shape index (κ1) is 19.7. The fraction of sp³-hybridized carbons (Fsp3) is 0.227. The lowest BCUT2D eigenvalue weighted by atomic mass is 10.1. The highest BCUT2D eigenvalue weighted by Crippen LogP contribution is 2.25. The smallest absolute Gasteiger partial charge is 0.230 e. The molecule has 2 aromatic carbocycles. The van der Waals surface area contributed by atoms with Gasteiger partial charge in [0.05, 0.1) is 12.3 Å². The highest BCUT2D eigenvalue weighted by atomic mass is 32.2. The summed E-state index contributed by atoms with van der Waals surface area (Å²) in [6.45, 7) is 3.27. The van der Waals surface area contributed by atoms with Gasteiger partial charge in [-0.1, -0.05) is 60.3 Å². The highest BCUT2D eigenvalue weighted by molar-refractivity contribution is 7.99. The molecule has 0 bridgehead atoms. The second-order valence-electron chi connectivity index (χ2n) is 6.75. The summed E-state index contributed by atoms with van der Waals surface area (Å²) in [6, 6.07) is 18.6. The summed E-state index contributed by atoms with van der Waals surface area (Å²) < 4.78 is 3.34. The Labute approximate surface area is 178 Å². The van der Waals surface area contributed by atoms with E-state index in [-0.39, 0.29) is 5.91 Å². The summed E-state index contributed by atoms with van der Waals surface area (Å²) in [4.78, 5) is 12.3. The van der Waals surface area contributed by atoms with Crippen molar-refractivity contribution in [3.05, 3.63) is 76.9 Å². The minimum absolute atomic E-state index is 0.0152. The number of hydrogen-bond acceptors (Lipinski definition) is 5. The van der Waals surface area contributed by atoms with E-state index in [4.69, 9.17) is 0 Å². The molecule has 0 spiro atoms. The van der Waals surface area contributed by atoms with Crippen LogP contribution in [0.5, 0.6) is 0 Å². The van der Waals surface area contributed by atoms with E-state index in [0.29, 0.717) is 18.8 Å². The Hall–Kier alpha value is -2.64. The molecule has 1 N–H and O–H groups in total. The Morgan fingerprint density at radius 1 is 1.10 bits per heavy atom. The van der Waals surface area contributed by atoms with Crippen LogP contribution >= 0.6 is 23.1 Å². The van der Waals surface area contributed by atoms with E-state index in [2.05, 4.69) is 57.3 Å². The number of aryl methyl sites for hydroxylation is 1. The third-order valence-corrected chi connectivity index (χ3v) is 6.67. The number of carbonyl (C=O) groups excluding carboxylic acids is 1. The molecule has 7 heteroatoms. The van der Waals surface area contributed by atoms with Gasteiger partial charge in [-0.25, -0.2) is 0 Å². The third kappa shape index (κ3) is 4.86. The molecule has 29 heavy (non-hydrogen) atoms. The van der Waals surface area contributed by atoms with E-state index >= 15 is 0 Å². The van der Waals surface area contributed by atoms with Crippen LogP contribution in [0.15, 0.2) is 65.1 Å². The Morgan fingerprint density at radius 3 is 2.76 bits per heavy atom. The standard InChI is InChI=1S/C22H22N4OS2/c1-16-24-25-22(26(16)13-17-7-3-2-4-8-17)29-15-21(27)23-12-11-18-14-28-20-10-6-5-9-19(18)20/h2-10,14H,11-13,15H2,1H3,(H,23,27). The van der Waals surface area contributed by atoms with Gasteiger partial charge in [0, 0.05) is 11.2 Å². The zero-order valence-corrected chi connectivity index (χ0v) is 17.8. The van der Waals surface area contributed by atoms with Gasteiger partial charge in [-0.15, -0.1) is 21.5 Å². The topological polar surface area (TPSA) is 59.8 Å². The maximum absolute atomic E-state index is 12.3. The quantitative estimate of drug-likeness (QED) is 0.430. The largest absolute Gasteiger partial charge is 0.355 e. The molecule has 0 aliphatic heterocycles. The van der Waals surface area contributed by atoms with Crippen molar-refractivity contribution in [2.45, 2.75) is 25.0 Å². The average Bonchev–Trinajstić information content (AvgIpc) is 3.31. The molecule has 0 aliphatic rings. The van der Waals surface area contributed by atoms with Crippen molar-refractivity contribution in [2.24, 2.45) is 0 Å². The minimum atomic E-state index is 0.0152. The maximum Gasteiger partial charge on any atom is 0.230 e. The van der Waals surface area contributed by atoms with Crippen molar-refractivity contribution in [3.8, 4) is 0 Å². The Bertz CT molecular complexity index is 1100. The zero-order chi connectivity index (χ0) is 20.1. The second-order valence-corrected chi connectivity index (χ2v) is 8.60. The van der Waals surface area contributed by atoms with Gasteiger partial charge in [0.15, 0.2) is 5.16 Å². The number of carbonyl (C=O) groups is 1. The normalized spacial score (nSPS) is 11.1. The van der Waals surface area contributed by atoms with Crippen LogP contribution in [0.3, 0.4) is 0 Å². The number of rotatable bonds is 8. The first-order valence-corrected chi connectivity index (χ1v) is 11.4. The molecular formula is C22H22N4OS2. The summed E-state index contributed by atoms with van der Waals surface area (Å²) in [5.41, 5.74) is 2.47. The molecule has 0 saturated carbocycles. The number of nitrogens with zero attached hydrogens (tertiary/aromatic N) is 3. The summed E-state index contributed by atoms with van der Waals surface area (Å²) in [6.07, 6.45) is 0.837. The lowest BCUT2D eigenvalue weighted by Gasteiger charge is -2.09. The van der Waals surface area contributed by atoms with E-state index in [0.717, 1.165) is 17.4 Å². The fourth-order valence-corrected chi connectivity index (χ4v) is 4.97. The van der Waals surface area contributed by atoms with E-state index < -0.39 is 0 Å². The number of thiophene rings is 1. The van der Waals surface area contributed by atoms with Crippen molar-refractivity contribution < 1.29 is 4.79 Å². The van der Waals surface area contributed by atoms with Gasteiger partial charge in [-0.2, -0.15) is 0 Å². The van der Waals surface area contributed by atoms with Gasteiger partial charge in [0.25, 0.3) is 0 Å². The SMILES string of the molecule is Cc1nnc(SCC(=O)NCCc2csc3ccccc23)n1Cc1ccccc1. The highest BCUT2D eigenvalue weighted by Gasteiger charge is 2.12. The van der Waals surface area contributed by atoms with Crippen LogP contribution in [-0.4, -0.2) is 33.0 Å². The van der Waals surface area contributed by atoms with Gasteiger partial charge in [0.1, 0.15) is 5.82 Å². The summed E-state index contributed by atoms with van der Waals surface area (Å²) in [5, 5.41) is 15.7. The molecule has 0 aliphatic carbocycles. The Morgan fingerprint density at radius 2 is 1.90 bits per heavy atom. The molecule has 0 atom stereocenters. The van der Waals surface area contributed by atoms with Crippen LogP contribution in [-0.2, 0) is 17.8 Å². The monoisotopic (exact) mass is 422 g/mol. The van der Waals surface area contributed by atoms with Crippen LogP contribution in [0.4, 0.5) is 0 Å². The van der Waals surface area contributed by atoms with E-state index in [1.165, 1.54) is 33.0 Å². The molecule has 2 heterocycles. The van der Waals surface area contributed by atoms with Gasteiger partial charge in [-0.05, 0) is 41.3 Å².